The van der Waals surface area contributed by atoms with Gasteiger partial charge in [-0.25, -0.2) is 0 Å². The Morgan fingerprint density at radius 3 is 2.56 bits per heavy atom. The van der Waals surface area contributed by atoms with Gasteiger partial charge in [0.1, 0.15) is 5.69 Å². The summed E-state index contributed by atoms with van der Waals surface area (Å²) in [6, 6.07) is 4.07. The monoisotopic (exact) mass is 263 g/mol. The fraction of sp³-hybridized carbons (Fsp3) is 0.400. The van der Waals surface area contributed by atoms with Crippen molar-refractivity contribution in [3.05, 3.63) is 33.9 Å². The van der Waals surface area contributed by atoms with Crippen LogP contribution in [0.5, 0.6) is 0 Å². The minimum absolute atomic E-state index is 0.100. The molecule has 0 aliphatic carbocycles. The van der Waals surface area contributed by atoms with E-state index in [0.717, 1.165) is 4.90 Å². The second-order valence-corrected chi connectivity index (χ2v) is 3.89. The number of nitrogens with two attached hydrogens (primary N) is 1. The summed E-state index contributed by atoms with van der Waals surface area (Å²) in [5, 5.41) is 10.6. The maximum absolute atomic E-state index is 12.1. The van der Waals surface area contributed by atoms with Gasteiger partial charge < -0.3 is 5.73 Å². The molecule has 0 aliphatic rings. The molecule has 0 atom stereocenters. The number of halogens is 3. The number of nitrogens with zero attached hydrogens (tertiary/aromatic N) is 2. The van der Waals surface area contributed by atoms with E-state index in [4.69, 9.17) is 5.73 Å². The maximum atomic E-state index is 12.1. The third-order valence-corrected chi connectivity index (χ3v) is 2.26. The molecule has 0 unspecified atom stereocenters. The summed E-state index contributed by atoms with van der Waals surface area (Å²) in [5.41, 5.74) is 5.45. The van der Waals surface area contributed by atoms with E-state index in [1.807, 2.05) is 0 Å². The van der Waals surface area contributed by atoms with Gasteiger partial charge in [0.05, 0.1) is 11.5 Å². The van der Waals surface area contributed by atoms with Crippen LogP contribution in [0.3, 0.4) is 0 Å². The highest BCUT2D eigenvalue weighted by Gasteiger charge is 2.29. The lowest BCUT2D eigenvalue weighted by molar-refractivity contribution is -0.384. The molecule has 2 N–H and O–H groups in total. The van der Waals surface area contributed by atoms with Gasteiger partial charge in [-0.2, -0.15) is 13.2 Å². The Morgan fingerprint density at radius 2 is 2.06 bits per heavy atom. The first-order chi connectivity index (χ1) is 8.20. The number of anilines is 1. The molecule has 0 bridgehead atoms. The Morgan fingerprint density at radius 1 is 1.44 bits per heavy atom. The Kier molecular flexibility index (Phi) is 4.12. The minimum Gasteiger partial charge on any atom is -0.393 e. The van der Waals surface area contributed by atoms with Crippen molar-refractivity contribution in [3.63, 3.8) is 0 Å². The second kappa shape index (κ2) is 5.21. The fourth-order valence-corrected chi connectivity index (χ4v) is 1.55. The van der Waals surface area contributed by atoms with E-state index in [1.165, 1.54) is 25.2 Å². The van der Waals surface area contributed by atoms with Crippen LogP contribution in [-0.2, 0) is 6.54 Å². The molecule has 0 saturated heterocycles. The number of rotatable bonds is 4. The van der Waals surface area contributed by atoms with Crippen LogP contribution < -0.4 is 5.73 Å². The van der Waals surface area contributed by atoms with Crippen molar-refractivity contribution >= 4 is 11.4 Å². The number of alkyl halides is 3. The second-order valence-electron chi connectivity index (χ2n) is 3.89. The van der Waals surface area contributed by atoms with Gasteiger partial charge in [-0.3, -0.25) is 15.0 Å². The zero-order valence-corrected chi connectivity index (χ0v) is 9.57. The van der Waals surface area contributed by atoms with Crippen LogP contribution in [0.25, 0.3) is 0 Å². The zero-order valence-electron chi connectivity index (χ0n) is 9.57. The molecule has 0 heterocycles. The quantitative estimate of drug-likeness (QED) is 0.513. The predicted molar refractivity (Wildman–Crippen MR) is 59.9 cm³/mol. The van der Waals surface area contributed by atoms with Crippen molar-refractivity contribution in [3.8, 4) is 0 Å². The number of nitro benzene ring substituents is 1. The van der Waals surface area contributed by atoms with Gasteiger partial charge in [-0.1, -0.05) is 12.1 Å². The Bertz CT molecular complexity index is 448. The van der Waals surface area contributed by atoms with Crippen LogP contribution in [0.4, 0.5) is 24.5 Å². The molecule has 0 amide bonds. The molecule has 0 spiro atoms. The molecule has 18 heavy (non-hydrogen) atoms. The van der Waals surface area contributed by atoms with E-state index in [1.54, 1.807) is 0 Å². The molecular formula is C10H12F3N3O2. The lowest BCUT2D eigenvalue weighted by atomic mass is 10.1. The normalized spacial score (nSPS) is 11.8. The third kappa shape index (κ3) is 3.88. The van der Waals surface area contributed by atoms with Crippen LogP contribution in [-0.4, -0.2) is 29.6 Å². The first-order valence-corrected chi connectivity index (χ1v) is 4.98. The highest BCUT2D eigenvalue weighted by molar-refractivity contribution is 5.62. The summed E-state index contributed by atoms with van der Waals surface area (Å²) >= 11 is 0. The summed E-state index contributed by atoms with van der Waals surface area (Å²) in [6.45, 7) is -1.21. The summed E-state index contributed by atoms with van der Waals surface area (Å²) in [5.74, 6) is 0. The summed E-state index contributed by atoms with van der Waals surface area (Å²) in [4.78, 5) is 11.0. The van der Waals surface area contributed by atoms with E-state index in [2.05, 4.69) is 0 Å². The van der Waals surface area contributed by atoms with E-state index in [9.17, 15) is 23.3 Å². The molecule has 0 aliphatic heterocycles. The Labute approximate surface area is 101 Å². The number of para-hydroxylation sites is 1. The van der Waals surface area contributed by atoms with Crippen LogP contribution >= 0.6 is 0 Å². The minimum atomic E-state index is -4.32. The van der Waals surface area contributed by atoms with Gasteiger partial charge >= 0.3 is 6.18 Å². The number of hydrogen-bond donors (Lipinski definition) is 1. The Hall–Kier alpha value is -1.83. The van der Waals surface area contributed by atoms with Crippen molar-refractivity contribution in [1.82, 2.24) is 4.90 Å². The highest BCUT2D eigenvalue weighted by Crippen LogP contribution is 2.26. The lowest BCUT2D eigenvalue weighted by Gasteiger charge is -2.19. The highest BCUT2D eigenvalue weighted by atomic mass is 19.4. The van der Waals surface area contributed by atoms with Crippen molar-refractivity contribution in [1.29, 1.82) is 0 Å². The van der Waals surface area contributed by atoms with Gasteiger partial charge in [-0.15, -0.1) is 0 Å². The number of nitro groups is 1. The molecule has 1 rings (SSSR count). The average Bonchev–Trinajstić information content (AvgIpc) is 2.17. The molecule has 5 nitrogen and oxygen atoms in total. The molecule has 100 valence electrons. The molecule has 1 aromatic carbocycles. The smallest absolute Gasteiger partial charge is 0.393 e. The molecule has 0 aromatic heterocycles. The van der Waals surface area contributed by atoms with Gasteiger partial charge in [-0.05, 0) is 12.6 Å². The van der Waals surface area contributed by atoms with Crippen molar-refractivity contribution in [2.45, 2.75) is 12.7 Å². The van der Waals surface area contributed by atoms with E-state index in [0.29, 0.717) is 5.56 Å². The van der Waals surface area contributed by atoms with E-state index in [-0.39, 0.29) is 17.9 Å². The van der Waals surface area contributed by atoms with Gasteiger partial charge in [0.25, 0.3) is 5.69 Å². The Balaban J connectivity index is 2.85. The summed E-state index contributed by atoms with van der Waals surface area (Å²) in [6.07, 6.45) is -4.32. The molecule has 1 aromatic rings. The molecule has 0 saturated carbocycles. The lowest BCUT2D eigenvalue weighted by Crippen LogP contribution is -2.30. The van der Waals surface area contributed by atoms with Crippen LogP contribution in [0, 0.1) is 10.1 Å². The van der Waals surface area contributed by atoms with Crippen molar-refractivity contribution < 1.29 is 18.1 Å². The SMILES string of the molecule is CN(Cc1cccc([N+](=O)[O-])c1N)CC(F)(F)F. The predicted octanol–water partition coefficient (Wildman–Crippen LogP) is 2.17. The van der Waals surface area contributed by atoms with Gasteiger partial charge in [0.15, 0.2) is 0 Å². The van der Waals surface area contributed by atoms with Crippen molar-refractivity contribution in [2.24, 2.45) is 0 Å². The van der Waals surface area contributed by atoms with Crippen LogP contribution in [0.1, 0.15) is 5.56 Å². The first kappa shape index (κ1) is 14.2. The number of benzene rings is 1. The standard InChI is InChI=1S/C10H12F3N3O2/c1-15(6-10(11,12)13)5-7-3-2-4-8(9(7)14)16(17)18/h2-4H,5-6,14H2,1H3. The molecular weight excluding hydrogens is 251 g/mol. The number of hydrogen-bond acceptors (Lipinski definition) is 4. The number of nitrogen functional groups attached to an aromatic ring is 1. The van der Waals surface area contributed by atoms with Crippen LogP contribution in [0.2, 0.25) is 0 Å². The average molecular weight is 263 g/mol. The summed E-state index contributed by atoms with van der Waals surface area (Å²) in [7, 11) is 1.27. The molecule has 0 radical (unpaired) electrons. The molecule has 0 fully saturated rings. The van der Waals surface area contributed by atoms with Gasteiger partial charge in [0, 0.05) is 12.6 Å². The van der Waals surface area contributed by atoms with E-state index >= 15 is 0 Å². The largest absolute Gasteiger partial charge is 0.401 e. The van der Waals surface area contributed by atoms with Crippen LogP contribution in [0.15, 0.2) is 18.2 Å². The first-order valence-electron chi connectivity index (χ1n) is 4.98. The molecule has 8 heteroatoms. The van der Waals surface area contributed by atoms with E-state index < -0.39 is 17.6 Å². The van der Waals surface area contributed by atoms with Crippen molar-refractivity contribution in [2.75, 3.05) is 19.3 Å². The maximum Gasteiger partial charge on any atom is 0.401 e. The topological polar surface area (TPSA) is 72.4 Å². The van der Waals surface area contributed by atoms with Gasteiger partial charge in [0.2, 0.25) is 0 Å². The fourth-order valence-electron chi connectivity index (χ4n) is 1.55. The summed E-state index contributed by atoms with van der Waals surface area (Å²) < 4.78 is 36.4. The zero-order chi connectivity index (χ0) is 13.9. The third-order valence-electron chi connectivity index (χ3n) is 2.26.